The van der Waals surface area contributed by atoms with E-state index in [-0.39, 0.29) is 43.1 Å². The van der Waals surface area contributed by atoms with Crippen molar-refractivity contribution in [1.29, 1.82) is 0 Å². The van der Waals surface area contributed by atoms with E-state index in [4.69, 9.17) is 4.74 Å². The summed E-state index contributed by atoms with van der Waals surface area (Å²) in [6, 6.07) is 21.8. The third-order valence-electron chi connectivity index (χ3n) is 8.06. The summed E-state index contributed by atoms with van der Waals surface area (Å²) in [6.07, 6.45) is 0.171. The van der Waals surface area contributed by atoms with E-state index in [1.807, 2.05) is 54.3 Å². The van der Waals surface area contributed by atoms with E-state index >= 15 is 0 Å². The van der Waals surface area contributed by atoms with Crippen molar-refractivity contribution in [3.05, 3.63) is 112 Å². The van der Waals surface area contributed by atoms with E-state index < -0.39 is 5.97 Å². The van der Waals surface area contributed by atoms with E-state index in [0.29, 0.717) is 48.7 Å². The zero-order chi connectivity index (χ0) is 29.8. The smallest absolute Gasteiger partial charge is 0.336 e. The maximum absolute atomic E-state index is 14.2. The Morgan fingerprint density at radius 1 is 0.929 bits per heavy atom. The van der Waals surface area contributed by atoms with Gasteiger partial charge in [0.05, 0.1) is 24.4 Å². The molecule has 1 fully saturated rings. The molecule has 2 heterocycles. The number of hydrogen-bond donors (Lipinski definition) is 0. The number of rotatable bonds is 7. The monoisotopic (exact) mass is 569 g/mol. The molecular formula is C34H36FN3O4. The van der Waals surface area contributed by atoms with Gasteiger partial charge in [0.2, 0.25) is 5.91 Å². The van der Waals surface area contributed by atoms with Crippen LogP contribution >= 0.6 is 0 Å². The number of carbonyl (C=O) groups excluding carboxylic acids is 3. The van der Waals surface area contributed by atoms with Crippen LogP contribution in [0.3, 0.4) is 0 Å². The van der Waals surface area contributed by atoms with Gasteiger partial charge in [-0.15, -0.1) is 0 Å². The Morgan fingerprint density at radius 2 is 1.64 bits per heavy atom. The second-order valence-electron chi connectivity index (χ2n) is 10.8. The van der Waals surface area contributed by atoms with Gasteiger partial charge in [0, 0.05) is 49.8 Å². The molecule has 2 aliphatic heterocycles. The maximum atomic E-state index is 14.2. The highest BCUT2D eigenvalue weighted by atomic mass is 19.1. The number of benzene rings is 3. The molecule has 0 saturated carbocycles. The number of anilines is 1. The van der Waals surface area contributed by atoms with Gasteiger partial charge in [-0.1, -0.05) is 54.1 Å². The molecule has 0 bridgehead atoms. The van der Waals surface area contributed by atoms with Gasteiger partial charge < -0.3 is 19.4 Å². The lowest BCUT2D eigenvalue weighted by Gasteiger charge is -2.36. The molecule has 42 heavy (non-hydrogen) atoms. The second kappa shape index (κ2) is 12.6. The fourth-order valence-electron chi connectivity index (χ4n) is 5.82. The molecule has 218 valence electrons. The highest BCUT2D eigenvalue weighted by molar-refractivity contribution is 5.96. The summed E-state index contributed by atoms with van der Waals surface area (Å²) in [6.45, 7) is 8.19. The lowest BCUT2D eigenvalue weighted by molar-refractivity contribution is -0.140. The summed E-state index contributed by atoms with van der Waals surface area (Å²) < 4.78 is 19.6. The number of allylic oxidation sites excluding steroid dienone is 1. The lowest BCUT2D eigenvalue weighted by Crippen LogP contribution is -2.49. The number of hydrogen-bond acceptors (Lipinski definition) is 5. The number of piperazine rings is 1. The third-order valence-corrected chi connectivity index (χ3v) is 8.06. The molecule has 0 unspecified atom stereocenters. The minimum Gasteiger partial charge on any atom is -0.463 e. The van der Waals surface area contributed by atoms with Crippen LogP contribution < -0.4 is 4.90 Å². The molecule has 0 N–H and O–H groups in total. The number of nitrogens with zero attached hydrogens (tertiary/aromatic N) is 3. The summed E-state index contributed by atoms with van der Waals surface area (Å²) in [5.41, 5.74) is 5.03. The number of halogens is 1. The molecule has 5 rings (SSSR count). The Kier molecular flexibility index (Phi) is 8.71. The zero-order valence-corrected chi connectivity index (χ0v) is 24.3. The molecule has 3 aromatic rings. The second-order valence-corrected chi connectivity index (χ2v) is 10.8. The van der Waals surface area contributed by atoms with Crippen molar-refractivity contribution >= 4 is 23.5 Å². The Bertz CT molecular complexity index is 1510. The average Bonchev–Trinajstić information content (AvgIpc) is 2.99. The first kappa shape index (κ1) is 29.0. The van der Waals surface area contributed by atoms with E-state index in [2.05, 4.69) is 0 Å². The summed E-state index contributed by atoms with van der Waals surface area (Å²) in [7, 11) is 0. The molecule has 2 aliphatic rings. The van der Waals surface area contributed by atoms with Crippen LogP contribution in [0.5, 0.6) is 0 Å². The van der Waals surface area contributed by atoms with E-state index in [9.17, 15) is 18.8 Å². The van der Waals surface area contributed by atoms with Gasteiger partial charge in [0.15, 0.2) is 0 Å². The van der Waals surface area contributed by atoms with Crippen LogP contribution in [0.15, 0.2) is 84.1 Å². The quantitative estimate of drug-likeness (QED) is 0.354. The van der Waals surface area contributed by atoms with Crippen molar-refractivity contribution < 1.29 is 23.5 Å². The number of para-hydroxylation sites is 1. The Hall–Kier alpha value is -4.46. The number of ether oxygens (including phenoxy) is 1. The maximum Gasteiger partial charge on any atom is 0.336 e. The zero-order valence-electron chi connectivity index (χ0n) is 24.3. The van der Waals surface area contributed by atoms with Gasteiger partial charge in [-0.05, 0) is 56.2 Å². The van der Waals surface area contributed by atoms with Crippen molar-refractivity contribution in [1.82, 2.24) is 9.80 Å². The van der Waals surface area contributed by atoms with Crippen LogP contribution in [-0.4, -0.2) is 60.4 Å². The number of esters is 1. The number of amides is 2. The van der Waals surface area contributed by atoms with E-state index in [0.717, 1.165) is 16.7 Å². The Labute approximate surface area is 246 Å². The summed E-state index contributed by atoms with van der Waals surface area (Å²) in [4.78, 5) is 45.1. The van der Waals surface area contributed by atoms with Gasteiger partial charge in [-0.3, -0.25) is 9.59 Å². The van der Waals surface area contributed by atoms with Gasteiger partial charge in [-0.25, -0.2) is 9.18 Å². The fraction of sp³-hybridized carbons (Fsp3) is 0.324. The molecule has 1 atom stereocenters. The van der Waals surface area contributed by atoms with E-state index in [1.54, 1.807) is 47.9 Å². The van der Waals surface area contributed by atoms with E-state index in [1.165, 1.54) is 6.07 Å². The highest BCUT2D eigenvalue weighted by Gasteiger charge is 2.37. The van der Waals surface area contributed by atoms with Crippen molar-refractivity contribution in [2.24, 2.45) is 0 Å². The standard InChI is InChI=1S/C34H36FN3O4/c1-4-42-34(41)32-24(3)38(31(39)21-28(32)27-9-7-8-23(2)20-27)22-25-12-14-26(15-13-25)33(40)37-18-16-36(17-19-37)30-11-6-5-10-29(30)35/h5-15,20,28H,4,16-19,21-22H2,1-3H3/t28-/m0/s1. The predicted octanol–water partition coefficient (Wildman–Crippen LogP) is 5.45. The SMILES string of the molecule is CCOC(=O)C1=C(C)N(Cc2ccc(C(=O)N3CCN(c4ccccc4F)CC3)cc2)C(=O)C[C@H]1c1cccc(C)c1. The topological polar surface area (TPSA) is 70.2 Å². The van der Waals surface area contributed by atoms with Crippen molar-refractivity contribution in [3.63, 3.8) is 0 Å². The summed E-state index contributed by atoms with van der Waals surface area (Å²) in [5.74, 6) is -1.18. The fourth-order valence-corrected chi connectivity index (χ4v) is 5.82. The molecule has 1 saturated heterocycles. The predicted molar refractivity (Wildman–Crippen MR) is 159 cm³/mol. The van der Waals surface area contributed by atoms with Crippen LogP contribution in [-0.2, 0) is 20.9 Å². The van der Waals surface area contributed by atoms with Crippen molar-refractivity contribution in [3.8, 4) is 0 Å². The third kappa shape index (κ3) is 6.08. The van der Waals surface area contributed by atoms with Gasteiger partial charge >= 0.3 is 5.97 Å². The minimum absolute atomic E-state index is 0.0695. The minimum atomic E-state index is -0.407. The van der Waals surface area contributed by atoms with Crippen LogP contribution in [0, 0.1) is 12.7 Å². The molecule has 0 aromatic heterocycles. The van der Waals surface area contributed by atoms with Gasteiger partial charge in [-0.2, -0.15) is 0 Å². The molecule has 8 heteroatoms. The summed E-state index contributed by atoms with van der Waals surface area (Å²) >= 11 is 0. The Morgan fingerprint density at radius 3 is 2.31 bits per heavy atom. The first-order valence-corrected chi connectivity index (χ1v) is 14.4. The average molecular weight is 570 g/mol. The molecule has 0 radical (unpaired) electrons. The first-order valence-electron chi connectivity index (χ1n) is 14.4. The molecule has 0 spiro atoms. The highest BCUT2D eigenvalue weighted by Crippen LogP contribution is 2.38. The molecular weight excluding hydrogens is 533 g/mol. The van der Waals surface area contributed by atoms with Gasteiger partial charge in [0.25, 0.3) is 5.91 Å². The molecule has 3 aromatic carbocycles. The molecule has 2 amide bonds. The van der Waals surface area contributed by atoms with Gasteiger partial charge in [0.1, 0.15) is 5.82 Å². The van der Waals surface area contributed by atoms with Crippen LogP contribution in [0.2, 0.25) is 0 Å². The molecule has 7 nitrogen and oxygen atoms in total. The number of carbonyl (C=O) groups is 3. The largest absolute Gasteiger partial charge is 0.463 e. The number of aryl methyl sites for hydroxylation is 1. The Balaban J connectivity index is 1.29. The van der Waals surface area contributed by atoms with Crippen LogP contribution in [0.25, 0.3) is 0 Å². The lowest BCUT2D eigenvalue weighted by atomic mass is 9.83. The first-order chi connectivity index (χ1) is 20.3. The van der Waals surface area contributed by atoms with Crippen molar-refractivity contribution in [2.45, 2.75) is 39.7 Å². The molecule has 0 aliphatic carbocycles. The summed E-state index contributed by atoms with van der Waals surface area (Å²) in [5, 5.41) is 0. The van der Waals surface area contributed by atoms with Crippen LogP contribution in [0.4, 0.5) is 10.1 Å². The van der Waals surface area contributed by atoms with Crippen LogP contribution in [0.1, 0.15) is 53.2 Å². The van der Waals surface area contributed by atoms with Crippen molar-refractivity contribution in [2.75, 3.05) is 37.7 Å². The normalized spacial score (nSPS) is 17.5.